The Labute approximate surface area is 259 Å². The van der Waals surface area contributed by atoms with E-state index in [1.54, 1.807) is 26.4 Å². The number of carbonyl (C=O) groups is 1. The zero-order chi connectivity index (χ0) is 30.5. The number of methoxy groups -OCH3 is 2. The standard InChI is InChI=1S/C33H31N5O3S2/c1-5-29(31(39)37-33-25(17-34)22-13-14-38(2)19-30(22)43-33)42-32-26(18-35)23(16-27(36-32)20-9-7-6-8-10-20)24-15-21(40-3)11-12-28(24)41-4/h6-12,15-16,29H,5,13-14,19H2,1-4H3,(H,37,39). The predicted octanol–water partition coefficient (Wildman–Crippen LogP) is 6.73. The maximum Gasteiger partial charge on any atom is 0.238 e. The normalized spacial score (nSPS) is 13.3. The van der Waals surface area contributed by atoms with Gasteiger partial charge in [0.05, 0.1) is 36.3 Å². The van der Waals surface area contributed by atoms with E-state index in [1.165, 1.54) is 23.1 Å². The Kier molecular flexibility index (Phi) is 9.32. The van der Waals surface area contributed by atoms with Crippen molar-refractivity contribution in [3.8, 4) is 46.0 Å². The maximum atomic E-state index is 13.7. The number of aromatic nitrogens is 1. The molecule has 0 fully saturated rings. The number of nitrogens with zero attached hydrogens (tertiary/aromatic N) is 4. The van der Waals surface area contributed by atoms with E-state index in [0.29, 0.717) is 55.9 Å². The van der Waals surface area contributed by atoms with Gasteiger partial charge in [-0.15, -0.1) is 11.3 Å². The molecule has 0 radical (unpaired) electrons. The molecule has 2 aromatic heterocycles. The zero-order valence-corrected chi connectivity index (χ0v) is 26.1. The second kappa shape index (κ2) is 13.3. The number of likely N-dealkylation sites (N-methyl/N-ethyl adjacent to an activating group) is 1. The summed E-state index contributed by atoms with van der Waals surface area (Å²) in [6.45, 7) is 3.56. The van der Waals surface area contributed by atoms with Crippen molar-refractivity contribution in [2.45, 2.75) is 36.6 Å². The molecule has 1 unspecified atom stereocenters. The van der Waals surface area contributed by atoms with E-state index in [1.807, 2.05) is 49.4 Å². The van der Waals surface area contributed by atoms with Crippen LogP contribution < -0.4 is 14.8 Å². The number of carbonyl (C=O) groups excluding carboxylic acids is 1. The lowest BCUT2D eigenvalue weighted by molar-refractivity contribution is -0.115. The van der Waals surface area contributed by atoms with Crippen molar-refractivity contribution in [3.05, 3.63) is 76.2 Å². The van der Waals surface area contributed by atoms with Gasteiger partial charge in [-0.3, -0.25) is 4.79 Å². The largest absolute Gasteiger partial charge is 0.497 e. The van der Waals surface area contributed by atoms with E-state index >= 15 is 0 Å². The van der Waals surface area contributed by atoms with Crippen molar-refractivity contribution < 1.29 is 14.3 Å². The number of nitriles is 2. The molecule has 1 aliphatic heterocycles. The molecule has 10 heteroatoms. The van der Waals surface area contributed by atoms with E-state index < -0.39 is 5.25 Å². The van der Waals surface area contributed by atoms with Crippen LogP contribution in [0.15, 0.2) is 59.6 Å². The van der Waals surface area contributed by atoms with Crippen LogP contribution in [0.4, 0.5) is 5.00 Å². The lowest BCUT2D eigenvalue weighted by Crippen LogP contribution is -2.25. The molecule has 5 rings (SSSR count). The molecule has 0 saturated carbocycles. The number of benzene rings is 2. The molecule has 0 spiro atoms. The highest BCUT2D eigenvalue weighted by molar-refractivity contribution is 8.00. The first kappa shape index (κ1) is 30.1. The first-order chi connectivity index (χ1) is 20.9. The van der Waals surface area contributed by atoms with Gasteiger partial charge in [0, 0.05) is 34.7 Å². The second-order valence-electron chi connectivity index (χ2n) is 10.1. The number of thioether (sulfide) groups is 1. The van der Waals surface area contributed by atoms with Crippen LogP contribution in [0.1, 0.15) is 34.9 Å². The third-order valence-corrected chi connectivity index (χ3v) is 9.86. The highest BCUT2D eigenvalue weighted by Crippen LogP contribution is 2.42. The summed E-state index contributed by atoms with van der Waals surface area (Å²) in [6, 6.07) is 21.7. The van der Waals surface area contributed by atoms with Gasteiger partial charge in [-0.25, -0.2) is 4.98 Å². The smallest absolute Gasteiger partial charge is 0.238 e. The van der Waals surface area contributed by atoms with Crippen molar-refractivity contribution in [3.63, 3.8) is 0 Å². The molecule has 8 nitrogen and oxygen atoms in total. The molecular weight excluding hydrogens is 579 g/mol. The van der Waals surface area contributed by atoms with Gasteiger partial charge in [-0.1, -0.05) is 49.0 Å². The van der Waals surface area contributed by atoms with Gasteiger partial charge >= 0.3 is 0 Å². The molecule has 1 N–H and O–H groups in total. The summed E-state index contributed by atoms with van der Waals surface area (Å²) in [5.74, 6) is 0.975. The summed E-state index contributed by atoms with van der Waals surface area (Å²) < 4.78 is 11.2. The number of rotatable bonds is 9. The molecule has 0 aliphatic carbocycles. The van der Waals surface area contributed by atoms with Gasteiger partial charge in [0.2, 0.25) is 5.91 Å². The lowest BCUT2D eigenvalue weighted by atomic mass is 9.98. The van der Waals surface area contributed by atoms with Crippen LogP contribution in [-0.2, 0) is 17.8 Å². The van der Waals surface area contributed by atoms with E-state index in [4.69, 9.17) is 14.5 Å². The molecule has 2 aromatic carbocycles. The summed E-state index contributed by atoms with van der Waals surface area (Å²) in [5, 5.41) is 23.9. The molecule has 4 aromatic rings. The number of hydrogen-bond donors (Lipinski definition) is 1. The number of amides is 1. The number of anilines is 1. The second-order valence-corrected chi connectivity index (χ2v) is 12.4. The molecule has 0 saturated heterocycles. The average molecular weight is 610 g/mol. The number of thiophene rings is 1. The lowest BCUT2D eigenvalue weighted by Gasteiger charge is -2.21. The first-order valence-corrected chi connectivity index (χ1v) is 15.5. The minimum absolute atomic E-state index is 0.229. The number of hydrogen-bond acceptors (Lipinski definition) is 9. The number of ether oxygens (including phenoxy) is 2. The fourth-order valence-electron chi connectivity index (χ4n) is 5.10. The molecule has 0 bridgehead atoms. The van der Waals surface area contributed by atoms with Gasteiger partial charge in [0.25, 0.3) is 0 Å². The maximum absolute atomic E-state index is 13.7. The van der Waals surface area contributed by atoms with Gasteiger partial charge in [-0.2, -0.15) is 10.5 Å². The van der Waals surface area contributed by atoms with Crippen molar-refractivity contribution in [2.75, 3.05) is 33.1 Å². The van der Waals surface area contributed by atoms with Crippen LogP contribution >= 0.6 is 23.1 Å². The Morgan fingerprint density at radius 3 is 2.53 bits per heavy atom. The minimum Gasteiger partial charge on any atom is -0.497 e. The molecule has 218 valence electrons. The van der Waals surface area contributed by atoms with Gasteiger partial charge < -0.3 is 19.7 Å². The Morgan fingerprint density at radius 2 is 1.86 bits per heavy atom. The third kappa shape index (κ3) is 6.23. The van der Waals surface area contributed by atoms with Crippen LogP contribution in [0.2, 0.25) is 0 Å². The van der Waals surface area contributed by atoms with Gasteiger partial charge in [-0.05, 0) is 49.7 Å². The van der Waals surface area contributed by atoms with E-state index in [0.717, 1.165) is 35.5 Å². The van der Waals surface area contributed by atoms with Crippen LogP contribution in [-0.4, -0.2) is 48.9 Å². The number of nitrogens with one attached hydrogen (secondary N) is 1. The van der Waals surface area contributed by atoms with Crippen molar-refractivity contribution in [2.24, 2.45) is 0 Å². The molecule has 3 heterocycles. The topological polar surface area (TPSA) is 111 Å². The summed E-state index contributed by atoms with van der Waals surface area (Å²) >= 11 is 2.72. The average Bonchev–Trinajstić information content (AvgIpc) is 3.38. The molecular formula is C33H31N5O3S2. The summed E-state index contributed by atoms with van der Waals surface area (Å²) in [4.78, 5) is 21.9. The van der Waals surface area contributed by atoms with Crippen LogP contribution in [0, 0.1) is 22.7 Å². The SMILES string of the molecule is CCC(Sc1nc(-c2ccccc2)cc(-c2cc(OC)ccc2OC)c1C#N)C(=O)Nc1sc2c(c1C#N)CCN(C)C2. The fraction of sp³-hybridized carbons (Fsp3) is 0.273. The Bertz CT molecular complexity index is 1740. The molecule has 1 atom stereocenters. The minimum atomic E-state index is -0.556. The molecule has 1 amide bonds. The first-order valence-electron chi connectivity index (χ1n) is 13.8. The summed E-state index contributed by atoms with van der Waals surface area (Å²) in [7, 11) is 5.22. The number of pyridine rings is 1. The Morgan fingerprint density at radius 1 is 1.09 bits per heavy atom. The summed E-state index contributed by atoms with van der Waals surface area (Å²) in [6.07, 6.45) is 1.28. The predicted molar refractivity (Wildman–Crippen MR) is 171 cm³/mol. The highest BCUT2D eigenvalue weighted by Gasteiger charge is 2.28. The molecule has 1 aliphatic rings. The number of fused-ring (bicyclic) bond motifs is 1. The van der Waals surface area contributed by atoms with E-state index in [9.17, 15) is 15.3 Å². The van der Waals surface area contributed by atoms with Crippen LogP contribution in [0.3, 0.4) is 0 Å². The zero-order valence-electron chi connectivity index (χ0n) is 24.4. The molecule has 43 heavy (non-hydrogen) atoms. The van der Waals surface area contributed by atoms with Gasteiger partial charge in [0.1, 0.15) is 33.7 Å². The van der Waals surface area contributed by atoms with E-state index in [2.05, 4.69) is 29.4 Å². The fourth-order valence-corrected chi connectivity index (χ4v) is 7.40. The van der Waals surface area contributed by atoms with Crippen molar-refractivity contribution in [1.82, 2.24) is 9.88 Å². The van der Waals surface area contributed by atoms with Crippen molar-refractivity contribution in [1.29, 1.82) is 10.5 Å². The van der Waals surface area contributed by atoms with Crippen LogP contribution in [0.25, 0.3) is 22.4 Å². The summed E-state index contributed by atoms with van der Waals surface area (Å²) in [5.41, 5.74) is 4.78. The van der Waals surface area contributed by atoms with Crippen LogP contribution in [0.5, 0.6) is 11.5 Å². The Balaban J connectivity index is 1.56. The quantitative estimate of drug-likeness (QED) is 0.208. The van der Waals surface area contributed by atoms with Crippen molar-refractivity contribution >= 4 is 34.0 Å². The van der Waals surface area contributed by atoms with Gasteiger partial charge in [0.15, 0.2) is 0 Å². The Hall–Kier alpha value is -4.35. The van der Waals surface area contributed by atoms with E-state index in [-0.39, 0.29) is 5.91 Å². The third-order valence-electron chi connectivity index (χ3n) is 7.38. The highest BCUT2D eigenvalue weighted by atomic mass is 32.2. The monoisotopic (exact) mass is 609 g/mol.